The maximum Gasteiger partial charge on any atom is 0.335 e. The predicted octanol–water partition coefficient (Wildman–Crippen LogP) is -1.18. The zero-order chi connectivity index (χ0) is 49.1. The van der Waals surface area contributed by atoms with E-state index in [1.807, 2.05) is 0 Å². The average Bonchev–Trinajstić information content (AvgIpc) is 3.26. The van der Waals surface area contributed by atoms with Gasteiger partial charge in [-0.25, -0.2) is 4.79 Å². The predicted molar refractivity (Wildman–Crippen MR) is 228 cm³/mol. The van der Waals surface area contributed by atoms with E-state index in [0.717, 1.165) is 12.0 Å². The van der Waals surface area contributed by atoms with Gasteiger partial charge in [0.05, 0.1) is 37.4 Å². The Hall–Kier alpha value is -1.96. The quantitative estimate of drug-likeness (QED) is 0.0735. The van der Waals surface area contributed by atoms with Gasteiger partial charge in [0.1, 0.15) is 61.0 Å². The molecule has 8 rings (SSSR count). The molecular formula is C47H74O20. The van der Waals surface area contributed by atoms with Crippen LogP contribution in [0.5, 0.6) is 0 Å². The number of fused-ring (bicyclic) bond motifs is 7. The lowest BCUT2D eigenvalue weighted by atomic mass is 9.33. The molecular weight excluding hydrogens is 884 g/mol. The van der Waals surface area contributed by atoms with Crippen molar-refractivity contribution in [2.24, 2.45) is 50.2 Å². The molecule has 4 saturated carbocycles. The van der Waals surface area contributed by atoms with Gasteiger partial charge in [0.2, 0.25) is 6.29 Å². The second-order valence-electron chi connectivity index (χ2n) is 23.1. The summed E-state index contributed by atoms with van der Waals surface area (Å²) in [5.41, 5.74) is -2.59. The number of hydrogen-bond donors (Lipinski definition) is 12. The van der Waals surface area contributed by atoms with Crippen molar-refractivity contribution in [3.63, 3.8) is 0 Å². The third-order valence-electron chi connectivity index (χ3n) is 19.0. The van der Waals surface area contributed by atoms with Crippen molar-refractivity contribution in [3.8, 4) is 0 Å². The van der Waals surface area contributed by atoms with E-state index in [0.29, 0.717) is 44.9 Å². The highest BCUT2D eigenvalue weighted by molar-refractivity contribution is 5.79. The lowest BCUT2D eigenvalue weighted by Gasteiger charge is -2.72. The highest BCUT2D eigenvalue weighted by Crippen LogP contribution is 2.76. The first kappa shape index (κ1) is 51.4. The number of hydrogen-bond acceptors (Lipinski definition) is 19. The standard InChI is InChI=1S/C47H74O20/c1-42(2)11-13-47(41(61)67-39-31(56)29(54)28(53)24(17-48)63-39)14-12-45(5)20(21(47)15-42)7-8-26-43(3)16-22(50)36(44(4,19-49)25(43)9-10-46(26,45)6)66-40-33(58)34(32(57)35(65-40)37(59)60)64-38-30(55)27(52)23(51)18-62-38/h7,21-36,38-40,48-58H,8-19H2,1-6H3,(H,59,60)/t21-,22+,23+,24+,25+,26+,27-,28+,29-,30+,31+,32-,33+,34-,35-,36+,38-,39-,40-,43-,44+,45+,46+,47-/m0/s1. The molecule has 5 aliphatic carbocycles. The number of aliphatic hydroxyl groups is 11. The van der Waals surface area contributed by atoms with Crippen LogP contribution in [0.2, 0.25) is 0 Å². The molecule has 20 heteroatoms. The lowest BCUT2D eigenvalue weighted by molar-refractivity contribution is -0.364. The highest BCUT2D eigenvalue weighted by atomic mass is 16.7. The lowest BCUT2D eigenvalue weighted by Crippen LogP contribution is -2.70. The number of aliphatic hydroxyl groups excluding tert-OH is 11. The molecule has 3 aliphatic heterocycles. The molecule has 8 aliphatic rings. The Morgan fingerprint density at radius 3 is 2.03 bits per heavy atom. The molecule has 0 spiro atoms. The van der Waals surface area contributed by atoms with Crippen LogP contribution in [0.4, 0.5) is 0 Å². The normalized spacial score (nSPS) is 54.0. The van der Waals surface area contributed by atoms with Gasteiger partial charge < -0.3 is 89.7 Å². The minimum Gasteiger partial charge on any atom is -0.479 e. The topological polar surface area (TPSA) is 332 Å². The van der Waals surface area contributed by atoms with Gasteiger partial charge in [-0.05, 0) is 97.2 Å². The summed E-state index contributed by atoms with van der Waals surface area (Å²) < 4.78 is 34.6. The summed E-state index contributed by atoms with van der Waals surface area (Å²) in [7, 11) is 0. The summed E-state index contributed by atoms with van der Waals surface area (Å²) in [5, 5.41) is 129. The van der Waals surface area contributed by atoms with E-state index in [1.54, 1.807) is 6.92 Å². The zero-order valence-corrected chi connectivity index (χ0v) is 39.2. The van der Waals surface area contributed by atoms with Gasteiger partial charge in [-0.2, -0.15) is 0 Å². The third-order valence-corrected chi connectivity index (χ3v) is 19.0. The van der Waals surface area contributed by atoms with Crippen molar-refractivity contribution in [2.75, 3.05) is 19.8 Å². The fraction of sp³-hybridized carbons (Fsp3) is 0.915. The van der Waals surface area contributed by atoms with Crippen molar-refractivity contribution in [2.45, 2.75) is 198 Å². The Labute approximate surface area is 389 Å². The number of allylic oxidation sites excluding steroid dienone is 2. The van der Waals surface area contributed by atoms with Gasteiger partial charge in [-0.15, -0.1) is 0 Å². The summed E-state index contributed by atoms with van der Waals surface area (Å²) in [5.74, 6) is -2.77. The van der Waals surface area contributed by atoms with E-state index >= 15 is 0 Å². The second-order valence-corrected chi connectivity index (χ2v) is 23.1. The fourth-order valence-electron chi connectivity index (χ4n) is 14.9. The molecule has 67 heavy (non-hydrogen) atoms. The number of rotatable bonds is 9. The molecule has 0 aromatic heterocycles. The van der Waals surface area contributed by atoms with E-state index in [9.17, 15) is 70.9 Å². The van der Waals surface area contributed by atoms with Gasteiger partial charge in [-0.1, -0.05) is 53.2 Å². The first-order valence-electron chi connectivity index (χ1n) is 24.0. The van der Waals surface area contributed by atoms with Crippen LogP contribution in [0.1, 0.15) is 99.3 Å². The number of carbonyl (C=O) groups is 2. The summed E-state index contributed by atoms with van der Waals surface area (Å²) in [6.45, 7) is 11.3. The molecule has 0 radical (unpaired) electrons. The minimum absolute atomic E-state index is 0.0456. The van der Waals surface area contributed by atoms with Crippen molar-refractivity contribution in [1.82, 2.24) is 0 Å². The monoisotopic (exact) mass is 958 g/mol. The van der Waals surface area contributed by atoms with Crippen LogP contribution >= 0.6 is 0 Å². The molecule has 24 atom stereocenters. The van der Waals surface area contributed by atoms with E-state index in [2.05, 4.69) is 40.7 Å². The molecule has 7 fully saturated rings. The summed E-state index contributed by atoms with van der Waals surface area (Å²) in [6.07, 6.45) is -19.4. The van der Waals surface area contributed by atoms with Crippen molar-refractivity contribution < 1.29 is 99.3 Å². The molecule has 0 amide bonds. The molecule has 0 aromatic rings. The first-order chi connectivity index (χ1) is 31.2. The largest absolute Gasteiger partial charge is 0.479 e. The van der Waals surface area contributed by atoms with Crippen molar-refractivity contribution in [1.29, 1.82) is 0 Å². The second kappa shape index (κ2) is 18.0. The van der Waals surface area contributed by atoms with E-state index in [-0.39, 0.29) is 35.0 Å². The number of carboxylic acids is 1. The van der Waals surface area contributed by atoms with Crippen LogP contribution in [0, 0.1) is 50.2 Å². The summed E-state index contributed by atoms with van der Waals surface area (Å²) in [4.78, 5) is 27.1. The molecule has 20 nitrogen and oxygen atoms in total. The van der Waals surface area contributed by atoms with Crippen molar-refractivity contribution >= 4 is 11.9 Å². The molecule has 3 heterocycles. The maximum atomic E-state index is 14.7. The van der Waals surface area contributed by atoms with E-state index in [4.69, 9.17) is 28.4 Å². The van der Waals surface area contributed by atoms with Gasteiger partial charge >= 0.3 is 11.9 Å². The highest BCUT2D eigenvalue weighted by Gasteiger charge is 2.71. The minimum atomic E-state index is -2.02. The molecule has 0 unspecified atom stereocenters. The molecule has 382 valence electrons. The molecule has 0 aromatic carbocycles. The maximum absolute atomic E-state index is 14.7. The average molecular weight is 959 g/mol. The van der Waals surface area contributed by atoms with E-state index in [1.165, 1.54) is 0 Å². The van der Waals surface area contributed by atoms with Gasteiger partial charge in [0, 0.05) is 5.41 Å². The Morgan fingerprint density at radius 2 is 1.37 bits per heavy atom. The number of esters is 1. The molecule has 3 saturated heterocycles. The third kappa shape index (κ3) is 7.95. The Balaban J connectivity index is 1.06. The number of carboxylic acid groups (broad SMARTS) is 1. The van der Waals surface area contributed by atoms with Crippen LogP contribution in [-0.4, -0.2) is 191 Å². The van der Waals surface area contributed by atoms with Crippen LogP contribution < -0.4 is 0 Å². The number of ether oxygens (including phenoxy) is 6. The summed E-state index contributed by atoms with van der Waals surface area (Å²) >= 11 is 0. The number of carbonyl (C=O) groups excluding carboxylic acids is 1. The Morgan fingerprint density at radius 1 is 0.701 bits per heavy atom. The van der Waals surface area contributed by atoms with Gasteiger partial charge in [0.25, 0.3) is 0 Å². The fourth-order valence-corrected chi connectivity index (χ4v) is 14.9. The smallest absolute Gasteiger partial charge is 0.335 e. The first-order valence-corrected chi connectivity index (χ1v) is 24.0. The Bertz CT molecular complexity index is 1880. The zero-order valence-electron chi connectivity index (χ0n) is 39.2. The van der Waals surface area contributed by atoms with E-state index < -0.39 is 152 Å². The summed E-state index contributed by atoms with van der Waals surface area (Å²) in [6, 6.07) is 0. The SMILES string of the molecule is CC1(C)CC[C@]2(C(=O)O[C@@H]3O[C@H](CO)[C@@H](O)[C@H](O)[C@H]3O)CC[C@]3(C)C(=CC[C@@H]4[C@@]5(C)C[C@@H](O)[C@@H](O[C@@H]6O[C@H](C(=O)O)[C@@H](O)[C@H](O[C@@H]7OC[C@@H](O)[C@H](O)[C@H]7O)[C@H]6O)[C@](C)(CO)[C@@H]5CC[C@]43C)[C@@H]2C1. The van der Waals surface area contributed by atoms with Crippen molar-refractivity contribution in [3.05, 3.63) is 11.6 Å². The van der Waals surface area contributed by atoms with Crippen LogP contribution in [-0.2, 0) is 38.0 Å². The van der Waals surface area contributed by atoms with Crippen LogP contribution in [0.25, 0.3) is 0 Å². The van der Waals surface area contributed by atoms with Gasteiger partial charge in [-0.3, -0.25) is 4.79 Å². The molecule has 0 bridgehead atoms. The number of aliphatic carboxylic acids is 1. The Kier molecular flexibility index (Phi) is 13.8. The van der Waals surface area contributed by atoms with Crippen LogP contribution in [0.15, 0.2) is 11.6 Å². The molecule has 12 N–H and O–H groups in total. The van der Waals surface area contributed by atoms with Gasteiger partial charge in [0.15, 0.2) is 18.7 Å². The van der Waals surface area contributed by atoms with Crippen LogP contribution in [0.3, 0.4) is 0 Å².